The van der Waals surface area contributed by atoms with Crippen LogP contribution in [0, 0.1) is 6.92 Å². The summed E-state index contributed by atoms with van der Waals surface area (Å²) in [5.41, 5.74) is 1.21. The average Bonchev–Trinajstić information content (AvgIpc) is 2.19. The fourth-order valence-electron chi connectivity index (χ4n) is 1.56. The maximum absolute atomic E-state index is 11.1. The predicted octanol–water partition coefficient (Wildman–Crippen LogP) is 2.11. The van der Waals surface area contributed by atoms with Crippen molar-refractivity contribution < 1.29 is 9.53 Å². The van der Waals surface area contributed by atoms with Crippen LogP contribution in [0.5, 0.6) is 0 Å². The molecule has 0 bridgehead atoms. The van der Waals surface area contributed by atoms with E-state index in [-0.39, 0.29) is 0 Å². The predicted molar refractivity (Wildman–Crippen MR) is 68.0 cm³/mol. The van der Waals surface area contributed by atoms with Crippen molar-refractivity contribution in [3.05, 3.63) is 17.8 Å². The van der Waals surface area contributed by atoms with E-state index >= 15 is 0 Å². The first-order valence-electron chi connectivity index (χ1n) is 5.16. The Labute approximate surface area is 100 Å². The van der Waals surface area contributed by atoms with Crippen LogP contribution >= 0.6 is 0 Å². The van der Waals surface area contributed by atoms with E-state index in [0.29, 0.717) is 5.82 Å². The third-order valence-corrected chi connectivity index (χ3v) is 8.48. The Morgan fingerprint density at radius 3 is 2.56 bits per heavy atom. The molecule has 1 amide bonds. The number of aryl methyl sites for hydroxylation is 1. The first-order valence-corrected chi connectivity index (χ1v) is 15.2. The molecule has 0 aliphatic rings. The Morgan fingerprint density at radius 2 is 2.06 bits per heavy atom. The second-order valence-corrected chi connectivity index (χ2v) is 19.1. The van der Waals surface area contributed by atoms with Gasteiger partial charge in [-0.3, -0.25) is 0 Å². The van der Waals surface area contributed by atoms with Crippen molar-refractivity contribution in [2.75, 3.05) is 12.4 Å². The fourth-order valence-corrected chi connectivity index (χ4v) is 6.74. The summed E-state index contributed by atoms with van der Waals surface area (Å²) in [5.74, 6) is 0.569. The van der Waals surface area contributed by atoms with Gasteiger partial charge in [-0.2, -0.15) is 0 Å². The second kappa shape index (κ2) is 5.03. The van der Waals surface area contributed by atoms with Gasteiger partial charge in [0.2, 0.25) is 0 Å². The number of nitrogens with zero attached hydrogens (tertiary/aromatic N) is 1. The number of hydrogen-bond donors (Lipinski definition) is 1. The monoisotopic (exact) mass is 330 g/mol. The van der Waals surface area contributed by atoms with Gasteiger partial charge >= 0.3 is 100 Å². The number of carbonyl (C=O) groups is 1. The fraction of sp³-hybridized carbons (Fsp3) is 0.455. The summed E-state index contributed by atoms with van der Waals surface area (Å²) in [7, 11) is 1.34. The summed E-state index contributed by atoms with van der Waals surface area (Å²) in [6, 6.07) is 1.97. The number of rotatable bonds is 2. The van der Waals surface area contributed by atoms with Crippen LogP contribution in [0.2, 0.25) is 14.8 Å². The molecule has 88 valence electrons. The molecule has 0 aliphatic heterocycles. The van der Waals surface area contributed by atoms with Crippen molar-refractivity contribution in [3.8, 4) is 0 Å². The first-order chi connectivity index (χ1) is 7.34. The number of aromatic nitrogens is 1. The van der Waals surface area contributed by atoms with Crippen molar-refractivity contribution in [2.24, 2.45) is 0 Å². The minimum atomic E-state index is -2.13. The number of anilines is 1. The molecule has 0 atom stereocenters. The van der Waals surface area contributed by atoms with E-state index in [9.17, 15) is 4.79 Å². The second-order valence-electron chi connectivity index (χ2n) is 4.75. The van der Waals surface area contributed by atoms with Gasteiger partial charge in [0, 0.05) is 0 Å². The van der Waals surface area contributed by atoms with Crippen LogP contribution in [-0.2, 0) is 4.74 Å². The molecular weight excluding hydrogens is 311 g/mol. The zero-order chi connectivity index (χ0) is 12.3. The van der Waals surface area contributed by atoms with E-state index in [4.69, 9.17) is 0 Å². The van der Waals surface area contributed by atoms with Crippen LogP contribution in [0.3, 0.4) is 0 Å². The molecule has 0 aliphatic carbocycles. The molecule has 0 radical (unpaired) electrons. The van der Waals surface area contributed by atoms with Crippen molar-refractivity contribution in [3.63, 3.8) is 0 Å². The van der Waals surface area contributed by atoms with Gasteiger partial charge in [-0.05, 0) is 0 Å². The van der Waals surface area contributed by atoms with Gasteiger partial charge in [0.1, 0.15) is 0 Å². The molecule has 0 fully saturated rings. The van der Waals surface area contributed by atoms with Gasteiger partial charge in [0.05, 0.1) is 0 Å². The number of ether oxygens (including phenoxy) is 1. The van der Waals surface area contributed by atoms with Gasteiger partial charge < -0.3 is 0 Å². The van der Waals surface area contributed by atoms with Gasteiger partial charge in [-0.1, -0.05) is 0 Å². The summed E-state index contributed by atoms with van der Waals surface area (Å²) in [6.45, 7) is 2.06. The summed E-state index contributed by atoms with van der Waals surface area (Å²) in [4.78, 5) is 22.2. The molecule has 1 aromatic rings. The topological polar surface area (TPSA) is 51.2 Å². The van der Waals surface area contributed by atoms with Crippen molar-refractivity contribution in [1.29, 1.82) is 0 Å². The number of hydrogen-bond acceptors (Lipinski definition) is 3. The van der Waals surface area contributed by atoms with E-state index in [1.165, 1.54) is 16.3 Å². The number of methoxy groups -OCH3 is 1. The van der Waals surface area contributed by atoms with E-state index in [2.05, 4.69) is 36.8 Å². The summed E-state index contributed by atoms with van der Waals surface area (Å²) in [5, 5.41) is 2.59. The van der Waals surface area contributed by atoms with Gasteiger partial charge in [-0.25, -0.2) is 0 Å². The standard InChI is InChI=1S/C8H9N2O2.3CH3.Sn/c1-6-3-4-7(9-5-6)10-8(11)12-2;;;;/h4-5H,1-2H3,(H,9,10,11);3*1H3;. The summed E-state index contributed by atoms with van der Waals surface area (Å²) < 4.78 is 5.91. The molecule has 1 heterocycles. The van der Waals surface area contributed by atoms with E-state index in [0.717, 1.165) is 0 Å². The number of amides is 1. The number of pyridine rings is 1. The number of nitrogens with one attached hydrogen (secondary N) is 1. The van der Waals surface area contributed by atoms with E-state index in [1.54, 1.807) is 0 Å². The molecule has 4 nitrogen and oxygen atoms in total. The van der Waals surface area contributed by atoms with Crippen molar-refractivity contribution in [1.82, 2.24) is 4.98 Å². The Kier molecular flexibility index (Phi) is 4.18. The Bertz CT molecular complexity index is 399. The Balaban J connectivity index is 3.03. The molecule has 0 saturated heterocycles. The normalized spacial score (nSPS) is 11.1. The Hall–Kier alpha value is -0.781. The van der Waals surface area contributed by atoms with Crippen LogP contribution in [0.15, 0.2) is 12.3 Å². The SMILES string of the molecule is COC(=O)Nc1c[c]([Sn]([CH3])([CH3])[CH3])c(C)cn1. The summed E-state index contributed by atoms with van der Waals surface area (Å²) in [6.07, 6.45) is 1.33. The molecule has 0 saturated carbocycles. The van der Waals surface area contributed by atoms with E-state index < -0.39 is 24.5 Å². The molecule has 1 rings (SSSR count). The van der Waals surface area contributed by atoms with Gasteiger partial charge in [-0.15, -0.1) is 0 Å². The molecule has 0 unspecified atom stereocenters. The Morgan fingerprint density at radius 1 is 1.44 bits per heavy atom. The van der Waals surface area contributed by atoms with Gasteiger partial charge in [0.15, 0.2) is 0 Å². The maximum atomic E-state index is 11.1. The van der Waals surface area contributed by atoms with Crippen LogP contribution in [-0.4, -0.2) is 36.6 Å². The zero-order valence-corrected chi connectivity index (χ0v) is 13.3. The zero-order valence-electron chi connectivity index (χ0n) is 10.4. The van der Waals surface area contributed by atoms with Crippen LogP contribution in [0.25, 0.3) is 0 Å². The molecule has 0 spiro atoms. The van der Waals surface area contributed by atoms with Crippen molar-refractivity contribution in [2.45, 2.75) is 21.7 Å². The van der Waals surface area contributed by atoms with Crippen LogP contribution in [0.1, 0.15) is 5.56 Å². The first kappa shape index (κ1) is 13.3. The minimum absolute atomic E-state index is 0.480. The molecule has 16 heavy (non-hydrogen) atoms. The third-order valence-electron chi connectivity index (χ3n) is 2.33. The van der Waals surface area contributed by atoms with E-state index in [1.807, 2.05) is 12.3 Å². The third kappa shape index (κ3) is 3.36. The molecular formula is C11H18N2O2Sn. The molecule has 5 heteroatoms. The van der Waals surface area contributed by atoms with Crippen LogP contribution in [0.4, 0.5) is 10.6 Å². The summed E-state index contributed by atoms with van der Waals surface area (Å²) >= 11 is -2.13. The van der Waals surface area contributed by atoms with Crippen LogP contribution < -0.4 is 8.90 Å². The van der Waals surface area contributed by atoms with Gasteiger partial charge in [0.25, 0.3) is 0 Å². The quantitative estimate of drug-likeness (QED) is 0.846. The molecule has 1 aromatic heterocycles. The molecule has 1 N–H and O–H groups in total. The van der Waals surface area contributed by atoms with Crippen molar-refractivity contribution >= 4 is 33.9 Å². The molecule has 0 aromatic carbocycles. The number of carbonyl (C=O) groups excluding carboxylic acids is 1. The average molecular weight is 329 g/mol.